The molecule has 3 aromatic rings. The van der Waals surface area contributed by atoms with Crippen LogP contribution in [0.3, 0.4) is 0 Å². The summed E-state index contributed by atoms with van der Waals surface area (Å²) in [5, 5.41) is 13.9. The molecule has 160 valence electrons. The Labute approximate surface area is 192 Å². The minimum Gasteiger partial charge on any atom is -0.340 e. The van der Waals surface area contributed by atoms with Crippen LogP contribution in [-0.4, -0.2) is 31.8 Å². The summed E-state index contributed by atoms with van der Waals surface area (Å²) in [5.74, 6) is -0.0645. The predicted octanol–water partition coefficient (Wildman–Crippen LogP) is 5.35. The van der Waals surface area contributed by atoms with E-state index >= 15 is 0 Å². The van der Waals surface area contributed by atoms with Crippen molar-refractivity contribution in [1.82, 2.24) is 9.29 Å². The first-order valence-electron chi connectivity index (χ1n) is 9.24. The summed E-state index contributed by atoms with van der Waals surface area (Å²) in [6.07, 6.45) is 1.30. The Balaban J connectivity index is 1.89. The van der Waals surface area contributed by atoms with Crippen molar-refractivity contribution >= 4 is 44.7 Å². The molecule has 1 aromatic heterocycles. The van der Waals surface area contributed by atoms with Crippen molar-refractivity contribution in [3.05, 3.63) is 81.5 Å². The summed E-state index contributed by atoms with van der Waals surface area (Å²) in [4.78, 5) is 4.30. The molecule has 9 heteroatoms. The van der Waals surface area contributed by atoms with Crippen molar-refractivity contribution in [3.8, 4) is 6.07 Å². The van der Waals surface area contributed by atoms with Gasteiger partial charge < -0.3 is 5.32 Å². The van der Waals surface area contributed by atoms with Gasteiger partial charge in [0, 0.05) is 36.0 Å². The molecular weight excluding hydrogens is 455 g/mol. The third-order valence-electron chi connectivity index (χ3n) is 4.76. The number of pyridine rings is 1. The van der Waals surface area contributed by atoms with E-state index in [2.05, 4.69) is 16.4 Å². The molecule has 1 heterocycles. The number of nitriles is 1. The lowest BCUT2D eigenvalue weighted by Gasteiger charge is -2.17. The van der Waals surface area contributed by atoms with Gasteiger partial charge in [0.05, 0.1) is 12.0 Å². The van der Waals surface area contributed by atoms with E-state index in [1.54, 1.807) is 36.4 Å². The molecule has 0 saturated heterocycles. The van der Waals surface area contributed by atoms with Gasteiger partial charge in [-0.05, 0) is 53.9 Å². The Hall–Kier alpha value is -2.63. The van der Waals surface area contributed by atoms with Gasteiger partial charge in [0.15, 0.2) is 0 Å². The van der Waals surface area contributed by atoms with Gasteiger partial charge in [-0.2, -0.15) is 5.26 Å². The number of hydrogen-bond acceptors (Lipinski definition) is 5. The van der Waals surface area contributed by atoms with Gasteiger partial charge in [-0.1, -0.05) is 41.4 Å². The van der Waals surface area contributed by atoms with Crippen molar-refractivity contribution < 1.29 is 8.42 Å². The molecule has 0 aliphatic carbocycles. The summed E-state index contributed by atoms with van der Waals surface area (Å²) in [5.41, 5.74) is 3.06. The van der Waals surface area contributed by atoms with Crippen molar-refractivity contribution in [2.45, 2.75) is 17.7 Å². The lowest BCUT2D eigenvalue weighted by Crippen LogP contribution is -2.22. The molecule has 6 nitrogen and oxygen atoms in total. The van der Waals surface area contributed by atoms with Gasteiger partial charge in [-0.15, -0.1) is 0 Å². The number of hydrogen-bond donors (Lipinski definition) is 1. The highest BCUT2D eigenvalue weighted by molar-refractivity contribution is 7.89. The summed E-state index contributed by atoms with van der Waals surface area (Å²) < 4.78 is 25.5. The third-order valence-corrected chi connectivity index (χ3v) is 7.14. The van der Waals surface area contributed by atoms with Gasteiger partial charge in [0.25, 0.3) is 0 Å². The highest BCUT2D eigenvalue weighted by atomic mass is 35.5. The second-order valence-corrected chi connectivity index (χ2v) is 10.1. The van der Waals surface area contributed by atoms with Crippen molar-refractivity contribution in [2.75, 3.05) is 19.4 Å². The highest BCUT2D eigenvalue weighted by Crippen LogP contribution is 2.35. The van der Waals surface area contributed by atoms with E-state index in [1.165, 1.54) is 26.4 Å². The number of halogens is 2. The smallest absolute Gasteiger partial charge is 0.244 e. The van der Waals surface area contributed by atoms with Gasteiger partial charge in [0.2, 0.25) is 10.0 Å². The molecule has 0 amide bonds. The summed E-state index contributed by atoms with van der Waals surface area (Å²) >= 11 is 12.5. The van der Waals surface area contributed by atoms with Crippen LogP contribution in [0.2, 0.25) is 10.0 Å². The maximum atomic E-state index is 12.2. The topological polar surface area (TPSA) is 86.1 Å². The second kappa shape index (κ2) is 9.25. The molecule has 0 aliphatic rings. The molecule has 0 aliphatic heterocycles. The molecule has 0 bridgehead atoms. The Morgan fingerprint density at radius 3 is 2.32 bits per heavy atom. The number of anilines is 2. The van der Waals surface area contributed by atoms with Crippen LogP contribution in [0.4, 0.5) is 11.5 Å². The van der Waals surface area contributed by atoms with Crippen molar-refractivity contribution in [1.29, 1.82) is 5.26 Å². The van der Waals surface area contributed by atoms with E-state index in [0.717, 1.165) is 15.4 Å². The largest absolute Gasteiger partial charge is 0.340 e. The van der Waals surface area contributed by atoms with Crippen molar-refractivity contribution in [3.63, 3.8) is 0 Å². The van der Waals surface area contributed by atoms with Gasteiger partial charge >= 0.3 is 0 Å². The molecule has 3 rings (SSSR count). The van der Waals surface area contributed by atoms with E-state index in [0.29, 0.717) is 27.1 Å². The molecule has 0 saturated carbocycles. The summed E-state index contributed by atoms with van der Waals surface area (Å²) in [7, 11) is -0.615. The minimum absolute atomic E-state index is 0.105. The maximum Gasteiger partial charge on any atom is 0.244 e. The number of sulfonamides is 1. The lowest BCUT2D eigenvalue weighted by molar-refractivity contribution is 0.520. The lowest BCUT2D eigenvalue weighted by atomic mass is 9.91. The van der Waals surface area contributed by atoms with Crippen molar-refractivity contribution in [2.24, 2.45) is 0 Å². The number of aryl methyl sites for hydroxylation is 1. The number of aromatic nitrogens is 1. The van der Waals surface area contributed by atoms with Gasteiger partial charge in [-0.25, -0.2) is 17.7 Å². The average Bonchev–Trinajstić information content (AvgIpc) is 2.73. The number of nitrogens with zero attached hydrogens (tertiary/aromatic N) is 3. The average molecular weight is 475 g/mol. The van der Waals surface area contributed by atoms with E-state index < -0.39 is 15.9 Å². The van der Waals surface area contributed by atoms with Crippen LogP contribution in [0, 0.1) is 18.3 Å². The van der Waals surface area contributed by atoms with Gasteiger partial charge in [0.1, 0.15) is 10.7 Å². The third kappa shape index (κ3) is 5.00. The van der Waals surface area contributed by atoms with Crippen LogP contribution >= 0.6 is 23.2 Å². The Morgan fingerprint density at radius 2 is 1.77 bits per heavy atom. The molecule has 1 N–H and O–H groups in total. The van der Waals surface area contributed by atoms with E-state index in [1.807, 2.05) is 13.0 Å². The molecule has 0 fully saturated rings. The molecule has 0 radical (unpaired) electrons. The number of benzene rings is 2. The van der Waals surface area contributed by atoms with E-state index in [4.69, 9.17) is 23.2 Å². The zero-order chi connectivity index (χ0) is 22.8. The number of nitrogens with one attached hydrogen (secondary N) is 1. The predicted molar refractivity (Wildman–Crippen MR) is 123 cm³/mol. The molecule has 2 aromatic carbocycles. The first-order valence-corrected chi connectivity index (χ1v) is 11.4. The monoisotopic (exact) mass is 474 g/mol. The van der Waals surface area contributed by atoms with Crippen LogP contribution < -0.4 is 5.32 Å². The Kier molecular flexibility index (Phi) is 6.87. The fourth-order valence-corrected chi connectivity index (χ4v) is 4.24. The molecule has 31 heavy (non-hydrogen) atoms. The first kappa shape index (κ1) is 23.0. The zero-order valence-electron chi connectivity index (χ0n) is 17.1. The quantitative estimate of drug-likeness (QED) is 0.520. The normalized spacial score (nSPS) is 12.4. The Morgan fingerprint density at radius 1 is 1.10 bits per heavy atom. The zero-order valence-corrected chi connectivity index (χ0v) is 19.4. The van der Waals surface area contributed by atoms with Crippen LogP contribution in [0.5, 0.6) is 0 Å². The van der Waals surface area contributed by atoms with Gasteiger partial charge in [-0.3, -0.25) is 0 Å². The van der Waals surface area contributed by atoms with E-state index in [-0.39, 0.29) is 4.90 Å². The fraction of sp³-hybridized carbons (Fsp3) is 0.182. The standard InChI is InChI=1S/C22H20Cl2N4O2S/c1-14-10-18(19(12-25)15-4-6-16(23)7-5-15)20(24)11-21(14)27-22-9-8-17(13-26-22)31(29,30)28(2)3/h4-11,13,19H,1-3H3,(H,26,27). The maximum absolute atomic E-state index is 12.2. The molecular formula is C22H20Cl2N4O2S. The van der Waals surface area contributed by atoms with Crippen LogP contribution in [0.15, 0.2) is 59.6 Å². The molecule has 1 unspecified atom stereocenters. The highest BCUT2D eigenvalue weighted by Gasteiger charge is 2.20. The Bertz CT molecular complexity index is 1240. The summed E-state index contributed by atoms with van der Waals surface area (Å²) in [6, 6.07) is 16.1. The first-order chi connectivity index (χ1) is 14.6. The molecule has 0 spiro atoms. The minimum atomic E-state index is -3.55. The fourth-order valence-electron chi connectivity index (χ4n) is 2.99. The van der Waals surface area contributed by atoms with E-state index in [9.17, 15) is 13.7 Å². The molecule has 1 atom stereocenters. The second-order valence-electron chi connectivity index (χ2n) is 7.09. The number of rotatable bonds is 6. The summed E-state index contributed by atoms with van der Waals surface area (Å²) in [6.45, 7) is 1.89. The SMILES string of the molecule is Cc1cc(C(C#N)c2ccc(Cl)cc2)c(Cl)cc1Nc1ccc(S(=O)(=O)N(C)C)cn1. The van der Waals surface area contributed by atoms with Crippen LogP contribution in [0.25, 0.3) is 0 Å². The van der Waals surface area contributed by atoms with Crippen LogP contribution in [-0.2, 0) is 10.0 Å². The van der Waals surface area contributed by atoms with Crippen LogP contribution in [0.1, 0.15) is 22.6 Å².